The van der Waals surface area contributed by atoms with Crippen molar-refractivity contribution in [3.63, 3.8) is 0 Å². The van der Waals surface area contributed by atoms with Gasteiger partial charge in [0.1, 0.15) is 24.4 Å². The third-order valence-corrected chi connectivity index (χ3v) is 13.7. The van der Waals surface area contributed by atoms with Crippen LogP contribution < -0.4 is 0 Å². The van der Waals surface area contributed by atoms with E-state index in [-0.39, 0.29) is 29.0 Å². The number of fused-ring (bicyclic) bond motifs is 5. The van der Waals surface area contributed by atoms with E-state index in [9.17, 15) is 30.6 Å². The second-order valence-corrected chi connectivity index (χ2v) is 16.2. The summed E-state index contributed by atoms with van der Waals surface area (Å²) in [4.78, 5) is 2.34. The number of ether oxygens (including phenoxy) is 2. The summed E-state index contributed by atoms with van der Waals surface area (Å²) in [7, 11) is 2.14. The Hall–Kier alpha value is -0.620. The molecule has 6 aliphatic rings. The second-order valence-electron chi connectivity index (χ2n) is 16.2. The van der Waals surface area contributed by atoms with Crippen molar-refractivity contribution in [2.24, 2.45) is 40.4 Å². The van der Waals surface area contributed by atoms with Crippen LogP contribution in [0.4, 0.5) is 0 Å². The van der Waals surface area contributed by atoms with E-state index >= 15 is 0 Å². The number of aliphatic hydroxyl groups excluding tert-OH is 5. The minimum absolute atomic E-state index is 0.0727. The first-order valence-corrected chi connectivity index (χ1v) is 17.0. The van der Waals surface area contributed by atoms with Gasteiger partial charge in [-0.15, -0.1) is 0 Å². The molecule has 0 aromatic heterocycles. The molecule has 6 N–H and O–H groups in total. The summed E-state index contributed by atoms with van der Waals surface area (Å²) in [6, 6.07) is 0.377. The summed E-state index contributed by atoms with van der Waals surface area (Å²) in [5.41, 5.74) is 0.956. The van der Waals surface area contributed by atoms with Gasteiger partial charge in [-0.3, -0.25) is 0 Å². The van der Waals surface area contributed by atoms with Gasteiger partial charge in [0.25, 0.3) is 0 Å². The lowest BCUT2D eigenvalue weighted by molar-refractivity contribution is -0.313. The zero-order valence-corrected chi connectivity index (χ0v) is 26.8. The molecule has 5 fully saturated rings. The number of rotatable bonds is 5. The molecule has 6 rings (SSSR count). The molecule has 9 nitrogen and oxygen atoms in total. The first-order chi connectivity index (χ1) is 20.2. The van der Waals surface area contributed by atoms with Gasteiger partial charge in [0.05, 0.1) is 24.4 Å². The van der Waals surface area contributed by atoms with E-state index in [0.29, 0.717) is 36.3 Å². The van der Waals surface area contributed by atoms with Crippen molar-refractivity contribution in [2.75, 3.05) is 20.2 Å². The molecule has 2 saturated heterocycles. The SMILES string of the molecule is C[C@@H]([C@H]1[C@@H](O)C[C@H]2[C@@H]3CC=C4C[C@@H](O[C@@H]5O[C@H](CO)[C@@H](O)[C@H](O)[C@H]5O)CC[C@]4(C)[C@H]3CC[C@]12C)[C@H]1CC[C@@](C)(O)CN1C. The normalized spacial score (nSPS) is 54.7. The third kappa shape index (κ3) is 5.36. The summed E-state index contributed by atoms with van der Waals surface area (Å²) in [6.07, 6.45) is 4.23. The molecular weight excluding hydrogens is 550 g/mol. The van der Waals surface area contributed by atoms with Gasteiger partial charge in [0.2, 0.25) is 0 Å². The average molecular weight is 608 g/mol. The minimum atomic E-state index is -1.43. The number of piperidine rings is 1. The smallest absolute Gasteiger partial charge is 0.186 e. The molecular formula is C34H57NO8. The van der Waals surface area contributed by atoms with E-state index in [1.807, 2.05) is 6.92 Å². The zero-order chi connectivity index (χ0) is 31.1. The lowest BCUT2D eigenvalue weighted by atomic mass is 9.46. The van der Waals surface area contributed by atoms with Crippen LogP contribution in [0.25, 0.3) is 0 Å². The van der Waals surface area contributed by atoms with Crippen LogP contribution in [0, 0.1) is 40.4 Å². The van der Waals surface area contributed by atoms with Crippen molar-refractivity contribution in [1.82, 2.24) is 4.90 Å². The van der Waals surface area contributed by atoms with Gasteiger partial charge in [-0.2, -0.15) is 0 Å². The summed E-state index contributed by atoms with van der Waals surface area (Å²) >= 11 is 0. The Bertz CT molecular complexity index is 1050. The highest BCUT2D eigenvalue weighted by molar-refractivity contribution is 5.26. The van der Waals surface area contributed by atoms with E-state index in [1.165, 1.54) is 5.57 Å². The van der Waals surface area contributed by atoms with Crippen molar-refractivity contribution >= 4 is 0 Å². The van der Waals surface area contributed by atoms with Gasteiger partial charge in [-0.25, -0.2) is 0 Å². The molecule has 0 unspecified atom stereocenters. The average Bonchev–Trinajstić information content (AvgIpc) is 3.22. The molecule has 2 aliphatic heterocycles. The number of β-amino-alcohol motifs (C(OH)–C–C–N with tert-alkyl or cyclic N) is 1. The Morgan fingerprint density at radius 1 is 1.00 bits per heavy atom. The van der Waals surface area contributed by atoms with E-state index in [4.69, 9.17) is 9.47 Å². The second kappa shape index (κ2) is 11.6. The topological polar surface area (TPSA) is 143 Å². The molecule has 3 saturated carbocycles. The van der Waals surface area contributed by atoms with Crippen LogP contribution in [-0.2, 0) is 9.47 Å². The highest BCUT2D eigenvalue weighted by Gasteiger charge is 2.62. The highest BCUT2D eigenvalue weighted by Crippen LogP contribution is 2.67. The summed E-state index contributed by atoms with van der Waals surface area (Å²) in [6.45, 7) is 9.41. The molecule has 0 amide bonds. The van der Waals surface area contributed by atoms with Crippen molar-refractivity contribution < 1.29 is 40.1 Å². The Labute approximate surface area is 257 Å². The van der Waals surface area contributed by atoms with Gasteiger partial charge in [0.15, 0.2) is 6.29 Å². The lowest BCUT2D eigenvalue weighted by Gasteiger charge is -2.59. The number of nitrogens with zero attached hydrogens (tertiary/aromatic N) is 1. The molecule has 0 radical (unpaired) electrons. The molecule has 0 aromatic carbocycles. The molecule has 16 atom stereocenters. The Morgan fingerprint density at radius 2 is 1.74 bits per heavy atom. The van der Waals surface area contributed by atoms with Crippen molar-refractivity contribution in [3.8, 4) is 0 Å². The fourth-order valence-electron chi connectivity index (χ4n) is 11.4. The lowest BCUT2D eigenvalue weighted by Crippen LogP contribution is -2.60. The van der Waals surface area contributed by atoms with Crippen LogP contribution >= 0.6 is 0 Å². The Morgan fingerprint density at radius 3 is 2.44 bits per heavy atom. The molecule has 9 heteroatoms. The van der Waals surface area contributed by atoms with E-state index < -0.39 is 42.9 Å². The van der Waals surface area contributed by atoms with Gasteiger partial charge < -0.3 is 45.0 Å². The predicted octanol–water partition coefficient (Wildman–Crippen LogP) is 2.20. The number of hydrogen-bond acceptors (Lipinski definition) is 9. The van der Waals surface area contributed by atoms with Crippen LogP contribution in [0.2, 0.25) is 0 Å². The van der Waals surface area contributed by atoms with Crippen LogP contribution in [0.5, 0.6) is 0 Å². The van der Waals surface area contributed by atoms with Crippen LogP contribution in [-0.4, -0.2) is 110 Å². The molecule has 2 heterocycles. The fourth-order valence-corrected chi connectivity index (χ4v) is 11.4. The van der Waals surface area contributed by atoms with Gasteiger partial charge in [-0.05, 0) is 112 Å². The standard InChI is InChI=1S/C34H57NO8/c1-18(24-10-11-32(2,41)17-35(24)5)27-25(37)15-23-21-7-6-19-14-20(8-12-33(19,3)22(21)9-13-34(23,27)4)42-31-30(40)29(39)28(38)26(16-36)43-31/h6,18,20-31,36-41H,7-17H2,1-5H3/t18-,20+,21-,22+,23+,24-,25+,26-,27+,28-,29+,30-,31-,32-,33+,34+/m1/s1. The van der Waals surface area contributed by atoms with E-state index in [1.54, 1.807) is 0 Å². The largest absolute Gasteiger partial charge is 0.394 e. The monoisotopic (exact) mass is 607 g/mol. The van der Waals surface area contributed by atoms with E-state index in [0.717, 1.165) is 57.8 Å². The minimum Gasteiger partial charge on any atom is -0.394 e. The number of aliphatic hydroxyl groups is 6. The van der Waals surface area contributed by atoms with Gasteiger partial charge in [-0.1, -0.05) is 32.4 Å². The highest BCUT2D eigenvalue weighted by atomic mass is 16.7. The molecule has 43 heavy (non-hydrogen) atoms. The quantitative estimate of drug-likeness (QED) is 0.259. The van der Waals surface area contributed by atoms with Crippen molar-refractivity contribution in [2.45, 2.75) is 140 Å². The predicted molar refractivity (Wildman–Crippen MR) is 161 cm³/mol. The van der Waals surface area contributed by atoms with Crippen LogP contribution in [0.15, 0.2) is 11.6 Å². The summed E-state index contributed by atoms with van der Waals surface area (Å²) in [5.74, 6) is 2.22. The van der Waals surface area contributed by atoms with E-state index in [2.05, 4.69) is 38.8 Å². The molecule has 246 valence electrons. The first-order valence-electron chi connectivity index (χ1n) is 17.0. The van der Waals surface area contributed by atoms with Gasteiger partial charge >= 0.3 is 0 Å². The molecule has 0 bridgehead atoms. The number of hydrogen-bond donors (Lipinski definition) is 6. The fraction of sp³-hybridized carbons (Fsp3) is 0.941. The summed E-state index contributed by atoms with van der Waals surface area (Å²) < 4.78 is 11.8. The number of likely N-dealkylation sites (tertiary alicyclic amines) is 1. The maximum atomic E-state index is 11.7. The maximum absolute atomic E-state index is 11.7. The molecule has 0 spiro atoms. The third-order valence-electron chi connectivity index (χ3n) is 13.7. The van der Waals surface area contributed by atoms with Crippen LogP contribution in [0.3, 0.4) is 0 Å². The first kappa shape index (κ1) is 32.3. The van der Waals surface area contributed by atoms with Crippen LogP contribution in [0.1, 0.15) is 85.5 Å². The number of allylic oxidation sites excluding steroid dienone is 1. The zero-order valence-electron chi connectivity index (χ0n) is 26.8. The van der Waals surface area contributed by atoms with Gasteiger partial charge in [0, 0.05) is 12.6 Å². The Kier molecular flexibility index (Phi) is 8.69. The maximum Gasteiger partial charge on any atom is 0.186 e. The number of likely N-dealkylation sites (N-methyl/N-ethyl adjacent to an activating group) is 1. The molecule has 0 aromatic rings. The van der Waals surface area contributed by atoms with Crippen molar-refractivity contribution in [3.05, 3.63) is 11.6 Å². The summed E-state index contributed by atoms with van der Waals surface area (Å²) in [5, 5.41) is 62.7. The van der Waals surface area contributed by atoms with Crippen molar-refractivity contribution in [1.29, 1.82) is 0 Å². The Balaban J connectivity index is 1.15. The molecule has 4 aliphatic carbocycles.